The van der Waals surface area contributed by atoms with E-state index in [2.05, 4.69) is 4.98 Å². The summed E-state index contributed by atoms with van der Waals surface area (Å²) in [5.74, 6) is 1.27. The van der Waals surface area contributed by atoms with Gasteiger partial charge in [0.15, 0.2) is 0 Å². The minimum atomic E-state index is 0.246. The van der Waals surface area contributed by atoms with E-state index in [0.717, 1.165) is 42.8 Å². The Morgan fingerprint density at radius 2 is 2.44 bits per heavy atom. The van der Waals surface area contributed by atoms with E-state index in [4.69, 9.17) is 15.2 Å². The molecule has 1 aliphatic rings. The second-order valence-corrected chi connectivity index (χ2v) is 4.54. The summed E-state index contributed by atoms with van der Waals surface area (Å²) in [5.41, 5.74) is 7.81. The fourth-order valence-corrected chi connectivity index (χ4v) is 2.49. The molecule has 5 nitrogen and oxygen atoms in total. The lowest BCUT2D eigenvalue weighted by atomic mass is 10.2. The van der Waals surface area contributed by atoms with Crippen LogP contribution in [0.1, 0.15) is 12.8 Å². The summed E-state index contributed by atoms with van der Waals surface area (Å²) in [6.45, 7) is 1.61. The molecule has 3 rings (SSSR count). The van der Waals surface area contributed by atoms with Crippen molar-refractivity contribution in [3.8, 4) is 5.75 Å². The average Bonchev–Trinajstić information content (AvgIpc) is 2.99. The SMILES string of the molecule is COc1cccc2c1nc(N)n2CC1CCCO1. The van der Waals surface area contributed by atoms with Crippen molar-refractivity contribution in [3.63, 3.8) is 0 Å². The normalized spacial score (nSPS) is 19.5. The Hall–Kier alpha value is -1.75. The topological polar surface area (TPSA) is 62.3 Å². The van der Waals surface area contributed by atoms with Gasteiger partial charge in [0.05, 0.1) is 25.3 Å². The Bertz CT molecular complexity index is 559. The molecule has 18 heavy (non-hydrogen) atoms. The lowest BCUT2D eigenvalue weighted by Crippen LogP contribution is -2.16. The number of nitrogens with zero attached hydrogens (tertiary/aromatic N) is 2. The summed E-state index contributed by atoms with van der Waals surface area (Å²) in [6, 6.07) is 5.86. The van der Waals surface area contributed by atoms with E-state index in [1.165, 1.54) is 0 Å². The first-order valence-corrected chi connectivity index (χ1v) is 6.20. The monoisotopic (exact) mass is 247 g/mol. The van der Waals surface area contributed by atoms with E-state index < -0.39 is 0 Å². The highest BCUT2D eigenvalue weighted by molar-refractivity contribution is 5.84. The predicted molar refractivity (Wildman–Crippen MR) is 69.7 cm³/mol. The molecule has 1 fully saturated rings. The zero-order chi connectivity index (χ0) is 12.5. The van der Waals surface area contributed by atoms with Crippen LogP contribution in [-0.2, 0) is 11.3 Å². The van der Waals surface area contributed by atoms with E-state index in [-0.39, 0.29) is 6.10 Å². The highest BCUT2D eigenvalue weighted by Crippen LogP contribution is 2.28. The summed E-state index contributed by atoms with van der Waals surface area (Å²) >= 11 is 0. The van der Waals surface area contributed by atoms with Crippen LogP contribution in [0.5, 0.6) is 5.75 Å². The van der Waals surface area contributed by atoms with Gasteiger partial charge in [-0.2, -0.15) is 0 Å². The third-order valence-electron chi connectivity index (χ3n) is 3.40. The summed E-state index contributed by atoms with van der Waals surface area (Å²) in [6.07, 6.45) is 2.46. The van der Waals surface area contributed by atoms with Crippen LogP contribution in [-0.4, -0.2) is 29.4 Å². The number of nitrogens with two attached hydrogens (primary N) is 1. The van der Waals surface area contributed by atoms with Gasteiger partial charge in [0.1, 0.15) is 11.3 Å². The van der Waals surface area contributed by atoms with Crippen LogP contribution in [0.2, 0.25) is 0 Å². The minimum Gasteiger partial charge on any atom is -0.494 e. The molecule has 5 heteroatoms. The van der Waals surface area contributed by atoms with E-state index >= 15 is 0 Å². The van der Waals surface area contributed by atoms with Gasteiger partial charge in [-0.15, -0.1) is 0 Å². The molecule has 0 aliphatic carbocycles. The second kappa shape index (κ2) is 4.49. The van der Waals surface area contributed by atoms with E-state index in [1.54, 1.807) is 7.11 Å². The summed E-state index contributed by atoms with van der Waals surface area (Å²) < 4.78 is 13.0. The van der Waals surface area contributed by atoms with Gasteiger partial charge in [0, 0.05) is 6.61 Å². The first-order chi connectivity index (χ1) is 8.79. The van der Waals surface area contributed by atoms with Gasteiger partial charge >= 0.3 is 0 Å². The molecule has 1 atom stereocenters. The van der Waals surface area contributed by atoms with Crippen molar-refractivity contribution in [1.82, 2.24) is 9.55 Å². The maximum absolute atomic E-state index is 6.00. The number of hydrogen-bond acceptors (Lipinski definition) is 4. The van der Waals surface area contributed by atoms with Gasteiger partial charge in [0.2, 0.25) is 5.95 Å². The number of rotatable bonds is 3. The van der Waals surface area contributed by atoms with Crippen molar-refractivity contribution in [2.24, 2.45) is 0 Å². The number of ether oxygens (including phenoxy) is 2. The lowest BCUT2D eigenvalue weighted by Gasteiger charge is -2.12. The van der Waals surface area contributed by atoms with Gasteiger partial charge in [-0.05, 0) is 25.0 Å². The van der Waals surface area contributed by atoms with Crippen LogP contribution in [0.4, 0.5) is 5.95 Å². The molecule has 2 aromatic rings. The predicted octanol–water partition coefficient (Wildman–Crippen LogP) is 1.81. The van der Waals surface area contributed by atoms with Crippen LogP contribution in [0, 0.1) is 0 Å². The Morgan fingerprint density at radius 3 is 3.17 bits per heavy atom. The molecular formula is C13H17N3O2. The van der Waals surface area contributed by atoms with E-state index in [1.807, 2.05) is 22.8 Å². The zero-order valence-corrected chi connectivity index (χ0v) is 10.4. The molecular weight excluding hydrogens is 230 g/mol. The maximum Gasteiger partial charge on any atom is 0.201 e. The first-order valence-electron chi connectivity index (χ1n) is 6.20. The summed E-state index contributed by atoms with van der Waals surface area (Å²) in [4.78, 5) is 4.39. The van der Waals surface area contributed by atoms with Crippen LogP contribution in [0.15, 0.2) is 18.2 Å². The van der Waals surface area contributed by atoms with E-state index in [9.17, 15) is 0 Å². The second-order valence-electron chi connectivity index (χ2n) is 4.54. The van der Waals surface area contributed by atoms with Crippen molar-refractivity contribution >= 4 is 17.0 Å². The lowest BCUT2D eigenvalue weighted by molar-refractivity contribution is 0.0984. The molecule has 1 unspecified atom stereocenters. The highest BCUT2D eigenvalue weighted by atomic mass is 16.5. The maximum atomic E-state index is 6.00. The largest absolute Gasteiger partial charge is 0.494 e. The third kappa shape index (κ3) is 1.80. The Kier molecular flexibility index (Phi) is 2.83. The molecule has 1 aromatic carbocycles. The van der Waals surface area contributed by atoms with Gasteiger partial charge < -0.3 is 19.8 Å². The Balaban J connectivity index is 2.02. The summed E-state index contributed by atoms with van der Waals surface area (Å²) in [7, 11) is 1.64. The fraction of sp³-hybridized carbons (Fsp3) is 0.462. The standard InChI is InChI=1S/C13H17N3O2/c1-17-11-6-2-5-10-12(11)15-13(14)16(10)8-9-4-3-7-18-9/h2,5-6,9H,3-4,7-8H2,1H3,(H2,14,15). The molecule has 1 aliphatic heterocycles. The van der Waals surface area contributed by atoms with Crippen LogP contribution >= 0.6 is 0 Å². The molecule has 1 aromatic heterocycles. The number of anilines is 1. The molecule has 0 spiro atoms. The van der Waals surface area contributed by atoms with Crippen LogP contribution in [0.3, 0.4) is 0 Å². The van der Waals surface area contributed by atoms with Crippen molar-refractivity contribution in [2.45, 2.75) is 25.5 Å². The smallest absolute Gasteiger partial charge is 0.201 e. The quantitative estimate of drug-likeness (QED) is 0.898. The molecule has 1 saturated heterocycles. The summed E-state index contributed by atoms with van der Waals surface area (Å²) in [5, 5.41) is 0. The molecule has 0 bridgehead atoms. The van der Waals surface area contributed by atoms with E-state index in [0.29, 0.717) is 5.95 Å². The van der Waals surface area contributed by atoms with Crippen LogP contribution < -0.4 is 10.5 Å². The molecule has 2 heterocycles. The number of para-hydroxylation sites is 1. The van der Waals surface area contributed by atoms with Crippen molar-refractivity contribution in [1.29, 1.82) is 0 Å². The molecule has 2 N–H and O–H groups in total. The first kappa shape index (κ1) is 11.3. The number of fused-ring (bicyclic) bond motifs is 1. The molecule has 0 saturated carbocycles. The molecule has 0 radical (unpaired) electrons. The zero-order valence-electron chi connectivity index (χ0n) is 10.4. The van der Waals surface area contributed by atoms with Crippen molar-refractivity contribution < 1.29 is 9.47 Å². The van der Waals surface area contributed by atoms with Gasteiger partial charge in [-0.3, -0.25) is 0 Å². The number of hydrogen-bond donors (Lipinski definition) is 1. The van der Waals surface area contributed by atoms with Gasteiger partial charge in [0.25, 0.3) is 0 Å². The number of imidazole rings is 1. The Morgan fingerprint density at radius 1 is 1.56 bits per heavy atom. The Labute approximate surface area is 106 Å². The van der Waals surface area contributed by atoms with Gasteiger partial charge in [-0.1, -0.05) is 6.07 Å². The molecule has 96 valence electrons. The molecule has 0 amide bonds. The highest BCUT2D eigenvalue weighted by Gasteiger charge is 2.19. The number of nitrogen functional groups attached to an aromatic ring is 1. The minimum absolute atomic E-state index is 0.246. The fourth-order valence-electron chi connectivity index (χ4n) is 2.49. The van der Waals surface area contributed by atoms with Crippen molar-refractivity contribution in [3.05, 3.63) is 18.2 Å². The average molecular weight is 247 g/mol. The van der Waals surface area contributed by atoms with Gasteiger partial charge in [-0.25, -0.2) is 4.98 Å². The third-order valence-corrected chi connectivity index (χ3v) is 3.40. The number of methoxy groups -OCH3 is 1. The van der Waals surface area contributed by atoms with Crippen molar-refractivity contribution in [2.75, 3.05) is 19.5 Å². The van der Waals surface area contributed by atoms with Crippen LogP contribution in [0.25, 0.3) is 11.0 Å². The number of aromatic nitrogens is 2. The number of benzene rings is 1.